The molecule has 0 saturated carbocycles. The molecule has 3 heterocycles. The first-order valence-corrected chi connectivity index (χ1v) is 10.7. The molecule has 5 unspecified atom stereocenters. The average molecular weight is 396 g/mol. The van der Waals surface area contributed by atoms with Gasteiger partial charge in [0.1, 0.15) is 6.10 Å². The summed E-state index contributed by atoms with van der Waals surface area (Å²) in [6.07, 6.45) is 9.42. The van der Waals surface area contributed by atoms with Crippen LogP contribution in [0.1, 0.15) is 52.4 Å². The highest BCUT2D eigenvalue weighted by Gasteiger charge is 2.49. The van der Waals surface area contributed by atoms with Crippen LogP contribution in [-0.4, -0.2) is 46.1 Å². The number of aliphatic hydroxyl groups is 1. The van der Waals surface area contributed by atoms with Gasteiger partial charge in [-0.15, -0.1) is 0 Å². The van der Waals surface area contributed by atoms with E-state index in [2.05, 4.69) is 24.4 Å². The number of allylic oxidation sites excluding steroid dienone is 3. The van der Waals surface area contributed by atoms with Crippen molar-refractivity contribution >= 4 is 23.0 Å². The fourth-order valence-corrected chi connectivity index (χ4v) is 4.75. The van der Waals surface area contributed by atoms with Gasteiger partial charge in [0.25, 0.3) is 5.24 Å². The lowest BCUT2D eigenvalue weighted by molar-refractivity contribution is -0.283. The summed E-state index contributed by atoms with van der Waals surface area (Å²) >= 11 is 1.14. The number of esters is 1. The first kappa shape index (κ1) is 20.4. The van der Waals surface area contributed by atoms with E-state index in [-0.39, 0.29) is 23.7 Å². The van der Waals surface area contributed by atoms with E-state index in [1.807, 2.05) is 6.92 Å². The average Bonchev–Trinajstić information content (AvgIpc) is 3.03. The van der Waals surface area contributed by atoms with Crippen molar-refractivity contribution in [3.05, 3.63) is 23.8 Å². The second-order valence-corrected chi connectivity index (χ2v) is 8.88. The maximum atomic E-state index is 12.3. The third-order valence-electron chi connectivity index (χ3n) is 5.40. The van der Waals surface area contributed by atoms with E-state index in [4.69, 9.17) is 9.47 Å². The fourth-order valence-electron chi connectivity index (χ4n) is 3.86. The molecule has 7 heteroatoms. The van der Waals surface area contributed by atoms with Gasteiger partial charge in [0.05, 0.1) is 12.1 Å². The fraction of sp³-hybridized carbons (Fsp3) is 0.700. The Kier molecular flexibility index (Phi) is 6.65. The first-order valence-electron chi connectivity index (χ1n) is 9.72. The molecule has 0 aliphatic carbocycles. The van der Waals surface area contributed by atoms with E-state index in [1.165, 1.54) is 0 Å². The highest BCUT2D eigenvalue weighted by Crippen LogP contribution is 2.37. The van der Waals surface area contributed by atoms with Crippen molar-refractivity contribution in [1.29, 1.82) is 0 Å². The second kappa shape index (κ2) is 8.80. The molecule has 0 aromatic carbocycles. The van der Waals surface area contributed by atoms with Crippen LogP contribution in [0, 0.1) is 5.92 Å². The molecule has 2 bridgehead atoms. The minimum atomic E-state index is -1.51. The molecule has 0 spiro atoms. The van der Waals surface area contributed by atoms with E-state index in [0.717, 1.165) is 43.0 Å². The summed E-state index contributed by atoms with van der Waals surface area (Å²) in [5.41, 5.74) is 0.979. The zero-order valence-corrected chi connectivity index (χ0v) is 16.8. The number of fused-ring (bicyclic) bond motifs is 2. The monoisotopic (exact) mass is 395 g/mol. The molecule has 27 heavy (non-hydrogen) atoms. The second-order valence-electron chi connectivity index (χ2n) is 7.89. The molecule has 2 N–H and O–H groups in total. The van der Waals surface area contributed by atoms with E-state index in [9.17, 15) is 14.7 Å². The summed E-state index contributed by atoms with van der Waals surface area (Å²) in [6.45, 7) is 4.10. The molecule has 3 aliphatic heterocycles. The Labute approximate surface area is 164 Å². The summed E-state index contributed by atoms with van der Waals surface area (Å²) in [7, 11) is 0. The molecule has 0 aromatic rings. The smallest absolute Gasteiger partial charge is 0.330 e. The maximum Gasteiger partial charge on any atom is 0.330 e. The number of hydrogen-bond donors (Lipinski definition) is 2. The summed E-state index contributed by atoms with van der Waals surface area (Å²) in [5, 5.41) is 13.7. The topological polar surface area (TPSA) is 84.9 Å². The lowest BCUT2D eigenvalue weighted by Gasteiger charge is -2.43. The van der Waals surface area contributed by atoms with Crippen LogP contribution in [0.15, 0.2) is 23.8 Å². The quantitative estimate of drug-likeness (QED) is 0.523. The number of hydrogen-bond acceptors (Lipinski definition) is 6. The van der Waals surface area contributed by atoms with Gasteiger partial charge in [-0.1, -0.05) is 36.4 Å². The van der Waals surface area contributed by atoms with Crippen molar-refractivity contribution in [3.8, 4) is 0 Å². The minimum Gasteiger partial charge on any atom is -0.459 e. The van der Waals surface area contributed by atoms with Crippen LogP contribution in [0.5, 0.6) is 0 Å². The normalized spacial score (nSPS) is 41.7. The number of carbonyl (C=O) groups is 2. The molecule has 1 amide bonds. The Hall–Kier alpha value is -1.31. The lowest BCUT2D eigenvalue weighted by atomic mass is 9.90. The zero-order chi connectivity index (χ0) is 19.4. The predicted molar refractivity (Wildman–Crippen MR) is 104 cm³/mol. The Morgan fingerprint density at radius 3 is 2.85 bits per heavy atom. The Balaban J connectivity index is 1.78. The molecule has 0 radical (unpaired) electrons. The van der Waals surface area contributed by atoms with Crippen molar-refractivity contribution in [2.75, 3.05) is 5.75 Å². The van der Waals surface area contributed by atoms with Crippen LogP contribution in [0.3, 0.4) is 0 Å². The van der Waals surface area contributed by atoms with E-state index in [0.29, 0.717) is 18.1 Å². The molecule has 2 saturated heterocycles. The van der Waals surface area contributed by atoms with E-state index < -0.39 is 17.9 Å². The highest BCUT2D eigenvalue weighted by atomic mass is 32.2. The van der Waals surface area contributed by atoms with Gasteiger partial charge in [-0.3, -0.25) is 4.79 Å². The third-order valence-corrected chi connectivity index (χ3v) is 6.28. The molecule has 3 rings (SSSR count). The van der Waals surface area contributed by atoms with Crippen LogP contribution < -0.4 is 5.32 Å². The summed E-state index contributed by atoms with van der Waals surface area (Å²) in [6, 6.07) is -0.493. The molecule has 5 atom stereocenters. The molecular weight excluding hydrogens is 366 g/mol. The molecular formula is C20H29NO5S. The highest BCUT2D eigenvalue weighted by molar-refractivity contribution is 8.14. The number of thioether (sulfide) groups is 1. The Morgan fingerprint density at radius 2 is 2.11 bits per heavy atom. The SMILES string of the molecule is C/C1=C/C(=O)OC2CC(CCC(C)/C=C\CC1)OC(O)(C1CSC(=O)N1)C2. The van der Waals surface area contributed by atoms with Gasteiger partial charge < -0.3 is 19.9 Å². The summed E-state index contributed by atoms with van der Waals surface area (Å²) in [4.78, 5) is 23.9. The van der Waals surface area contributed by atoms with Crippen LogP contribution >= 0.6 is 11.8 Å². The molecule has 2 fully saturated rings. The summed E-state index contributed by atoms with van der Waals surface area (Å²) < 4.78 is 11.7. The first-order chi connectivity index (χ1) is 12.8. The molecule has 150 valence electrons. The molecule has 6 nitrogen and oxygen atoms in total. The van der Waals surface area contributed by atoms with Crippen LogP contribution in [0.2, 0.25) is 0 Å². The number of carbonyl (C=O) groups excluding carboxylic acids is 2. The van der Waals surface area contributed by atoms with Gasteiger partial charge in [0, 0.05) is 24.7 Å². The number of nitrogens with one attached hydrogen (secondary N) is 1. The summed E-state index contributed by atoms with van der Waals surface area (Å²) in [5.74, 6) is -1.03. The van der Waals surface area contributed by atoms with Gasteiger partial charge in [0.15, 0.2) is 5.79 Å². The van der Waals surface area contributed by atoms with E-state index in [1.54, 1.807) is 6.08 Å². The van der Waals surface area contributed by atoms with Crippen LogP contribution in [-0.2, 0) is 14.3 Å². The molecule has 3 aliphatic rings. The number of ether oxygens (including phenoxy) is 2. The predicted octanol–water partition coefficient (Wildman–Crippen LogP) is 3.30. The van der Waals surface area contributed by atoms with Gasteiger partial charge in [0.2, 0.25) is 0 Å². The lowest BCUT2D eigenvalue weighted by Crippen LogP contribution is -2.58. The van der Waals surface area contributed by atoms with Crippen molar-refractivity contribution in [1.82, 2.24) is 5.32 Å². The minimum absolute atomic E-state index is 0.160. The largest absolute Gasteiger partial charge is 0.459 e. The number of rotatable bonds is 1. The Morgan fingerprint density at radius 1 is 1.30 bits per heavy atom. The van der Waals surface area contributed by atoms with Gasteiger partial charge in [-0.25, -0.2) is 4.79 Å². The third kappa shape index (κ3) is 5.59. The maximum absolute atomic E-state index is 12.3. The van der Waals surface area contributed by atoms with Gasteiger partial charge in [-0.05, 0) is 38.5 Å². The van der Waals surface area contributed by atoms with Gasteiger partial charge in [-0.2, -0.15) is 0 Å². The van der Waals surface area contributed by atoms with Crippen LogP contribution in [0.25, 0.3) is 0 Å². The zero-order valence-electron chi connectivity index (χ0n) is 16.0. The van der Waals surface area contributed by atoms with Crippen LogP contribution in [0.4, 0.5) is 4.79 Å². The van der Waals surface area contributed by atoms with Crippen molar-refractivity contribution < 1.29 is 24.2 Å². The standard InChI is InChI=1S/C20H29NO5S/c1-13-5-3-4-6-14(2)9-18(22)25-16-10-15(8-7-13)26-20(24,11-16)17-12-27-19(23)21-17/h3,5,9,13,15-17,24H,4,6-8,10-12H2,1-2H3,(H,21,23)/b5-3-,14-9-. The van der Waals surface area contributed by atoms with Gasteiger partial charge >= 0.3 is 5.97 Å². The van der Waals surface area contributed by atoms with Crippen molar-refractivity contribution in [2.24, 2.45) is 5.92 Å². The number of amides is 1. The molecule has 0 aromatic heterocycles. The Bertz CT molecular complexity index is 634. The van der Waals surface area contributed by atoms with E-state index >= 15 is 0 Å². The van der Waals surface area contributed by atoms with Crippen molar-refractivity contribution in [3.63, 3.8) is 0 Å². The van der Waals surface area contributed by atoms with Crippen molar-refractivity contribution in [2.45, 2.75) is 76.4 Å².